The second-order valence-corrected chi connectivity index (χ2v) is 29.3. The smallest absolute Gasteiger partial charge is 0.127 e. The van der Waals surface area contributed by atoms with Gasteiger partial charge in [0, 0.05) is 16.5 Å². The Bertz CT molecular complexity index is 3550. The molecule has 1 atom stereocenters. The Morgan fingerprint density at radius 2 is 0.630 bits per heavy atom. The Labute approximate surface area is 487 Å². The maximum absolute atomic E-state index is 6.34. The van der Waals surface area contributed by atoms with Crippen LogP contribution >= 0.6 is 23.8 Å². The van der Waals surface area contributed by atoms with E-state index in [1.54, 1.807) is 41.8 Å². The van der Waals surface area contributed by atoms with Gasteiger partial charge in [0.25, 0.3) is 0 Å². The van der Waals surface area contributed by atoms with Crippen LogP contribution in [0.1, 0.15) is 85.2 Å². The van der Waals surface area contributed by atoms with Gasteiger partial charge in [-0.2, -0.15) is 0 Å². The van der Waals surface area contributed by atoms with E-state index in [9.17, 15) is 0 Å². The molecule has 0 N–H and O–H groups in total. The summed E-state index contributed by atoms with van der Waals surface area (Å²) in [4.78, 5) is 0. The van der Waals surface area contributed by atoms with Crippen LogP contribution in [0.15, 0.2) is 206 Å². The van der Waals surface area contributed by atoms with E-state index in [2.05, 4.69) is 269 Å². The first-order valence-corrected chi connectivity index (χ1v) is 32.7. The Balaban J connectivity index is 0.000000189. The van der Waals surface area contributed by atoms with Crippen LogP contribution in [0.25, 0.3) is 11.1 Å². The van der Waals surface area contributed by atoms with E-state index in [0.29, 0.717) is 0 Å². The number of fused-ring (bicyclic) bond motifs is 4. The molecule has 406 valence electrons. The lowest BCUT2D eigenvalue weighted by atomic mass is 9.75. The van der Waals surface area contributed by atoms with Crippen molar-refractivity contribution in [3.63, 3.8) is 0 Å². The van der Waals surface area contributed by atoms with E-state index in [4.69, 9.17) is 9.47 Å². The molecule has 81 heavy (non-hydrogen) atoms. The fraction of sp³-hybridized carbons (Fsp3) is 0.211. The minimum Gasteiger partial charge on any atom is -0.496 e. The molecule has 0 aliphatic heterocycles. The molecule has 0 heterocycles. The van der Waals surface area contributed by atoms with Crippen LogP contribution in [0.4, 0.5) is 0 Å². The van der Waals surface area contributed by atoms with Crippen molar-refractivity contribution in [2.24, 2.45) is 0 Å². The second-order valence-electron chi connectivity index (χ2n) is 22.8. The van der Waals surface area contributed by atoms with E-state index < -0.39 is 23.8 Å². The van der Waals surface area contributed by atoms with E-state index in [1.165, 1.54) is 118 Å². The van der Waals surface area contributed by atoms with Crippen LogP contribution in [-0.2, 0) is 18.3 Å². The van der Waals surface area contributed by atoms with Crippen LogP contribution in [0, 0.1) is 62.3 Å². The van der Waals surface area contributed by atoms with Crippen molar-refractivity contribution in [3.05, 3.63) is 279 Å². The van der Waals surface area contributed by atoms with Gasteiger partial charge in [-0.1, -0.05) is 239 Å². The maximum Gasteiger partial charge on any atom is 0.127 e. The topological polar surface area (TPSA) is 18.5 Å². The first kappa shape index (κ1) is 56.0. The number of hydrogen-bond acceptors (Lipinski definition) is 2. The van der Waals surface area contributed by atoms with Gasteiger partial charge < -0.3 is 9.47 Å². The first-order chi connectivity index (χ1) is 39.2. The zero-order valence-electron chi connectivity index (χ0n) is 49.1. The number of ether oxygens (including phenoxy) is 2. The average Bonchev–Trinajstić information content (AvgIpc) is 4.27. The van der Waals surface area contributed by atoms with Crippen molar-refractivity contribution in [1.29, 1.82) is 0 Å². The van der Waals surface area contributed by atoms with Crippen LogP contribution < -0.4 is 57.2 Å². The average molecular weight is 1110 g/mol. The zero-order chi connectivity index (χ0) is 56.5. The van der Waals surface area contributed by atoms with Crippen molar-refractivity contribution in [2.45, 2.75) is 93.4 Å². The first-order valence-electron chi connectivity index (χ1n) is 28.6. The predicted molar refractivity (Wildman–Crippen MR) is 354 cm³/mol. The molecule has 2 aliphatic rings. The third-order valence-electron chi connectivity index (χ3n) is 16.4. The highest BCUT2D eigenvalue weighted by molar-refractivity contribution is 7.81. The standard InChI is InChI=1S/C46H48O2P2.C30H27P/c1-29-17-30(2)22-37(21-29)49(38-23-31(3)18-32(4)24-38)43-15-11-13-41(47-9)45(43)46-42(48-10)14-12-16-44(46)50(39-25-33(5)19-34(6)26-39)40-27-35(7)20-36(8)28-40;1-22-10-8-11-23-18-20-30(28(22)23)21-19-24-12-9-17-27(29(24)30)31(25-13-4-2-5-14-25)26-15-6-3-7-16-26/h11-28H,1-10H3;2-17H,18-21H2,1H3/t;30-/m.0/s1. The Kier molecular flexibility index (Phi) is 16.5. The number of rotatable bonds is 12. The van der Waals surface area contributed by atoms with Gasteiger partial charge in [-0.25, -0.2) is 0 Å². The van der Waals surface area contributed by atoms with Crippen molar-refractivity contribution in [2.75, 3.05) is 14.2 Å². The van der Waals surface area contributed by atoms with Crippen LogP contribution in [0.3, 0.4) is 0 Å². The minimum atomic E-state index is -0.984. The summed E-state index contributed by atoms with van der Waals surface area (Å²) in [5.74, 6) is 1.70. The zero-order valence-corrected chi connectivity index (χ0v) is 51.8. The highest BCUT2D eigenvalue weighted by atomic mass is 31.1. The number of benzene rings is 10. The number of aryl methyl sites for hydroxylation is 11. The maximum atomic E-state index is 6.34. The molecule has 2 nitrogen and oxygen atoms in total. The monoisotopic (exact) mass is 1110 g/mol. The molecule has 0 saturated carbocycles. The van der Waals surface area contributed by atoms with Gasteiger partial charge in [0.05, 0.1) is 14.2 Å². The third kappa shape index (κ3) is 11.3. The van der Waals surface area contributed by atoms with Crippen molar-refractivity contribution in [3.8, 4) is 22.6 Å². The molecule has 0 aromatic heterocycles. The van der Waals surface area contributed by atoms with Crippen LogP contribution in [0.2, 0.25) is 0 Å². The summed E-state index contributed by atoms with van der Waals surface area (Å²) < 4.78 is 12.7. The minimum absolute atomic E-state index is 0.191. The van der Waals surface area contributed by atoms with E-state index in [-0.39, 0.29) is 5.41 Å². The molecule has 1 spiro atoms. The summed E-state index contributed by atoms with van der Waals surface area (Å²) in [5, 5.41) is 12.3. The fourth-order valence-corrected chi connectivity index (χ4v) is 22.0. The quantitative estimate of drug-likeness (QED) is 0.114. The van der Waals surface area contributed by atoms with Crippen molar-refractivity contribution >= 4 is 71.5 Å². The Morgan fingerprint density at radius 3 is 1.00 bits per heavy atom. The summed E-state index contributed by atoms with van der Waals surface area (Å²) in [6, 6.07) is 77.7. The lowest BCUT2D eigenvalue weighted by molar-refractivity contribution is 0.411. The summed E-state index contributed by atoms with van der Waals surface area (Å²) in [5.41, 5.74) is 20.5. The molecule has 0 unspecified atom stereocenters. The largest absolute Gasteiger partial charge is 0.496 e. The molecular formula is C76H75O2P3. The van der Waals surface area contributed by atoms with Gasteiger partial charge in [-0.15, -0.1) is 0 Å². The number of hydrogen-bond donors (Lipinski definition) is 0. The van der Waals surface area contributed by atoms with Crippen LogP contribution in [-0.4, -0.2) is 14.2 Å². The summed E-state index contributed by atoms with van der Waals surface area (Å²) >= 11 is 0. The Hall–Kier alpha value is -6.91. The molecule has 0 amide bonds. The van der Waals surface area contributed by atoms with E-state index in [1.807, 2.05) is 0 Å². The molecular weight excluding hydrogens is 1040 g/mol. The molecule has 12 rings (SSSR count). The van der Waals surface area contributed by atoms with Crippen LogP contribution in [0.5, 0.6) is 11.5 Å². The fourth-order valence-electron chi connectivity index (χ4n) is 13.6. The van der Waals surface area contributed by atoms with Gasteiger partial charge in [-0.05, 0) is 199 Å². The second kappa shape index (κ2) is 23.9. The van der Waals surface area contributed by atoms with Gasteiger partial charge in [-0.3, -0.25) is 0 Å². The van der Waals surface area contributed by atoms with Gasteiger partial charge in [0.2, 0.25) is 0 Å². The normalized spacial score (nSPS) is 14.3. The van der Waals surface area contributed by atoms with Gasteiger partial charge in [0.15, 0.2) is 0 Å². The van der Waals surface area contributed by atoms with E-state index >= 15 is 0 Å². The molecule has 10 aromatic rings. The molecule has 0 saturated heterocycles. The summed E-state index contributed by atoms with van der Waals surface area (Å²) in [6.07, 6.45) is 4.91. The Morgan fingerprint density at radius 1 is 0.309 bits per heavy atom. The molecule has 0 radical (unpaired) electrons. The summed E-state index contributed by atoms with van der Waals surface area (Å²) in [6.45, 7) is 20.0. The lowest BCUT2D eigenvalue weighted by Crippen LogP contribution is -2.32. The van der Waals surface area contributed by atoms with Crippen molar-refractivity contribution < 1.29 is 9.47 Å². The van der Waals surface area contributed by atoms with Gasteiger partial charge >= 0.3 is 0 Å². The molecule has 5 heteroatoms. The highest BCUT2D eigenvalue weighted by Crippen LogP contribution is 2.55. The SMILES string of the molecule is COc1cccc(P(c2cc(C)cc(C)c2)c2cc(C)cc(C)c2)c1-c1c(OC)cccc1P(c1cc(C)cc(C)c1)c1cc(C)cc(C)c1.Cc1cccc2c1[C@]1(CC2)CCc2cccc(P(c3ccccc3)c3ccccc3)c21. The number of methoxy groups -OCH3 is 2. The van der Waals surface area contributed by atoms with E-state index in [0.717, 1.165) is 22.6 Å². The molecule has 2 aliphatic carbocycles. The highest BCUT2D eigenvalue weighted by Gasteiger charge is 2.47. The van der Waals surface area contributed by atoms with Gasteiger partial charge in [0.1, 0.15) is 11.5 Å². The van der Waals surface area contributed by atoms with Crippen molar-refractivity contribution in [1.82, 2.24) is 0 Å². The molecule has 0 fully saturated rings. The molecule has 10 aromatic carbocycles. The third-order valence-corrected chi connectivity index (χ3v) is 23.7. The summed E-state index contributed by atoms with van der Waals surface area (Å²) in [7, 11) is 1.03. The lowest BCUT2D eigenvalue weighted by Gasteiger charge is -2.33. The predicted octanol–water partition coefficient (Wildman–Crippen LogP) is 15.3. The molecule has 0 bridgehead atoms.